The summed E-state index contributed by atoms with van der Waals surface area (Å²) in [6.45, 7) is 6.23. The lowest BCUT2D eigenvalue weighted by molar-refractivity contribution is -0.137. The molecule has 1 aliphatic carbocycles. The lowest BCUT2D eigenvalue weighted by Gasteiger charge is -2.36. The van der Waals surface area contributed by atoms with Crippen molar-refractivity contribution in [3.63, 3.8) is 0 Å². The summed E-state index contributed by atoms with van der Waals surface area (Å²) in [6, 6.07) is 7.73. The number of imide groups is 2. The highest BCUT2D eigenvalue weighted by molar-refractivity contribution is 7.99. The van der Waals surface area contributed by atoms with Crippen LogP contribution in [0.3, 0.4) is 0 Å². The molecule has 4 aliphatic rings. The second kappa shape index (κ2) is 18.5. The van der Waals surface area contributed by atoms with Gasteiger partial charge in [0, 0.05) is 60.9 Å². The van der Waals surface area contributed by atoms with Crippen molar-refractivity contribution in [3.8, 4) is 0 Å². The number of ketones is 1. The molecular weight excluding hydrogens is 819 g/mol. The van der Waals surface area contributed by atoms with Crippen LogP contribution in [0.2, 0.25) is 0 Å². The molecule has 3 aromatic heterocycles. The van der Waals surface area contributed by atoms with Gasteiger partial charge in [0.15, 0.2) is 5.78 Å². The van der Waals surface area contributed by atoms with Crippen molar-refractivity contribution >= 4 is 75.6 Å². The Hall–Kier alpha value is -6.05. The molecule has 324 valence electrons. The van der Waals surface area contributed by atoms with E-state index >= 15 is 0 Å². The summed E-state index contributed by atoms with van der Waals surface area (Å²) in [5.74, 6) is -1.23. The molecule has 18 nitrogen and oxygen atoms in total. The minimum atomic E-state index is -1.02. The summed E-state index contributed by atoms with van der Waals surface area (Å²) in [6.07, 6.45) is 7.31. The lowest BCUT2D eigenvalue weighted by atomic mass is 10.0. The van der Waals surface area contributed by atoms with E-state index < -0.39 is 29.7 Å². The van der Waals surface area contributed by atoms with E-state index in [1.165, 1.54) is 18.7 Å². The number of ether oxygens (including phenoxy) is 2. The highest BCUT2D eigenvalue weighted by atomic mass is 32.2. The zero-order valence-corrected chi connectivity index (χ0v) is 35.3. The molecule has 62 heavy (non-hydrogen) atoms. The Bertz CT molecular complexity index is 2500. The summed E-state index contributed by atoms with van der Waals surface area (Å²) < 4.78 is 13.0. The third-order valence-electron chi connectivity index (χ3n) is 11.7. The number of nitrogens with one attached hydrogen (secondary N) is 2. The molecule has 8 rings (SSSR count). The first kappa shape index (κ1) is 42.6. The largest absolute Gasteiger partial charge is 0.378 e. The van der Waals surface area contributed by atoms with Gasteiger partial charge in [-0.15, -0.1) is 11.8 Å². The van der Waals surface area contributed by atoms with Crippen molar-refractivity contribution < 1.29 is 38.2 Å². The van der Waals surface area contributed by atoms with E-state index in [2.05, 4.69) is 25.5 Å². The van der Waals surface area contributed by atoms with E-state index in [1.807, 2.05) is 12.1 Å². The zero-order valence-electron chi connectivity index (χ0n) is 34.5. The fraction of sp³-hybridized carbons (Fsp3) is 0.442. The van der Waals surface area contributed by atoms with E-state index in [-0.39, 0.29) is 72.6 Å². The molecule has 6 heterocycles. The van der Waals surface area contributed by atoms with Crippen LogP contribution in [0.15, 0.2) is 52.4 Å². The van der Waals surface area contributed by atoms with Crippen molar-refractivity contribution in [3.05, 3.63) is 75.3 Å². The maximum absolute atomic E-state index is 13.5. The maximum atomic E-state index is 13.5. The molecule has 3 fully saturated rings. The molecule has 3 aliphatic heterocycles. The fourth-order valence-corrected chi connectivity index (χ4v) is 9.51. The first-order chi connectivity index (χ1) is 30.0. The number of hydrogen-bond donors (Lipinski definition) is 2. The van der Waals surface area contributed by atoms with Gasteiger partial charge in [0.2, 0.25) is 23.7 Å². The van der Waals surface area contributed by atoms with Gasteiger partial charge in [-0.1, -0.05) is 18.9 Å². The molecule has 19 heteroatoms. The molecule has 0 bridgehead atoms. The first-order valence-corrected chi connectivity index (χ1v) is 21.8. The highest BCUT2D eigenvalue weighted by Gasteiger charge is 2.45. The van der Waals surface area contributed by atoms with Gasteiger partial charge in [-0.25, -0.2) is 9.97 Å². The van der Waals surface area contributed by atoms with E-state index in [4.69, 9.17) is 14.5 Å². The molecule has 2 saturated heterocycles. The fourth-order valence-electron chi connectivity index (χ4n) is 8.57. The van der Waals surface area contributed by atoms with Gasteiger partial charge in [-0.3, -0.25) is 48.3 Å². The van der Waals surface area contributed by atoms with Crippen molar-refractivity contribution in [2.45, 2.75) is 69.4 Å². The number of fused-ring (bicyclic) bond motifs is 2. The summed E-state index contributed by atoms with van der Waals surface area (Å²) in [5.41, 5.74) is 2.37. The molecule has 5 amide bonds. The third kappa shape index (κ3) is 8.69. The summed E-state index contributed by atoms with van der Waals surface area (Å²) in [4.78, 5) is 109. The van der Waals surface area contributed by atoms with Gasteiger partial charge in [-0.05, 0) is 62.9 Å². The Balaban J connectivity index is 0.754. The molecule has 1 unspecified atom stereocenters. The second-order valence-electron chi connectivity index (χ2n) is 15.6. The summed E-state index contributed by atoms with van der Waals surface area (Å²) >= 11 is 1.36. The Morgan fingerprint density at radius 1 is 0.903 bits per heavy atom. The number of aromatic nitrogens is 4. The molecule has 1 saturated carbocycles. The second-order valence-corrected chi connectivity index (χ2v) is 16.8. The lowest BCUT2D eigenvalue weighted by Crippen LogP contribution is -2.54. The minimum Gasteiger partial charge on any atom is -0.378 e. The number of carbonyl (C=O) groups is 6. The normalized spacial score (nSPS) is 18.2. The third-order valence-corrected chi connectivity index (χ3v) is 12.8. The average molecular weight is 866 g/mol. The van der Waals surface area contributed by atoms with Gasteiger partial charge in [-0.2, -0.15) is 4.98 Å². The average Bonchev–Trinajstić information content (AvgIpc) is 3.88. The van der Waals surface area contributed by atoms with Crippen molar-refractivity contribution in [2.24, 2.45) is 0 Å². The predicted octanol–water partition coefficient (Wildman–Crippen LogP) is 3.43. The van der Waals surface area contributed by atoms with Crippen LogP contribution >= 0.6 is 11.8 Å². The van der Waals surface area contributed by atoms with Crippen LogP contribution in [0.4, 0.5) is 17.5 Å². The SMILES string of the molecule is CC(=O)c1c(C)c2cnc(Nc3ccc(N4CCN(C(=O)COCCOCCSc5cccc6c5C(=O)N(C5CCC(=O)NC5=O)C6=O)CC4)cn3)nc2n(C2CCCC2)c1=O. The number of nitrogens with zero attached hydrogens (tertiary/aromatic N) is 7. The number of Topliss-reactive ketones (excluding diaryl/α,β-unsaturated/α-hetero) is 1. The number of rotatable bonds is 15. The van der Waals surface area contributed by atoms with Crippen LogP contribution < -0.4 is 21.1 Å². The Labute approximate surface area is 360 Å². The number of pyridine rings is 2. The quantitative estimate of drug-likeness (QED) is 0.0758. The zero-order chi connectivity index (χ0) is 43.5. The van der Waals surface area contributed by atoms with E-state index in [0.717, 1.165) is 36.3 Å². The number of carbonyl (C=O) groups excluding carboxylic acids is 6. The Morgan fingerprint density at radius 2 is 1.68 bits per heavy atom. The van der Waals surface area contributed by atoms with Crippen LogP contribution in [-0.2, 0) is 23.9 Å². The van der Waals surface area contributed by atoms with Gasteiger partial charge in [0.05, 0.1) is 48.4 Å². The molecule has 0 radical (unpaired) electrons. The van der Waals surface area contributed by atoms with Crippen LogP contribution in [0.25, 0.3) is 11.0 Å². The number of amides is 5. The van der Waals surface area contributed by atoms with Crippen molar-refractivity contribution in [2.75, 3.05) is 68.6 Å². The van der Waals surface area contributed by atoms with E-state index in [1.54, 1.807) is 47.0 Å². The predicted molar refractivity (Wildman–Crippen MR) is 228 cm³/mol. The molecular formula is C43H47N9O9S. The van der Waals surface area contributed by atoms with Crippen LogP contribution in [0, 0.1) is 6.92 Å². The Kier molecular flexibility index (Phi) is 12.7. The van der Waals surface area contributed by atoms with Gasteiger partial charge >= 0.3 is 0 Å². The molecule has 0 spiro atoms. The topological polar surface area (TPSA) is 215 Å². The van der Waals surface area contributed by atoms with Gasteiger partial charge < -0.3 is 24.6 Å². The first-order valence-electron chi connectivity index (χ1n) is 20.8. The van der Waals surface area contributed by atoms with Crippen LogP contribution in [0.5, 0.6) is 0 Å². The smallest absolute Gasteiger partial charge is 0.263 e. The number of piperidine rings is 1. The number of piperazine rings is 1. The molecule has 4 aromatic rings. The van der Waals surface area contributed by atoms with Crippen LogP contribution in [-0.4, -0.2) is 129 Å². The Morgan fingerprint density at radius 3 is 2.40 bits per heavy atom. The molecule has 1 atom stereocenters. The van der Waals surface area contributed by atoms with Crippen molar-refractivity contribution in [1.29, 1.82) is 0 Å². The standard InChI is InChI=1S/C43H47N9O9S/c1-25-30-23-45-43(48-38(30)51(27-6-3-4-7-27)41(58)36(25)26(2)53)46-33-12-10-28(22-44-33)49-14-16-50(17-15-49)35(55)24-61-19-18-60-20-21-62-32-9-5-8-29-37(32)42(59)52(40(29)57)31-11-13-34(54)47-39(31)56/h5,8-10,12,22-23,27,31H,3-4,6-7,11,13-21,24H2,1-2H3,(H,47,54,56)(H,44,45,46,48). The van der Waals surface area contributed by atoms with Gasteiger partial charge in [0.25, 0.3) is 17.4 Å². The highest BCUT2D eigenvalue weighted by Crippen LogP contribution is 2.35. The van der Waals surface area contributed by atoms with Gasteiger partial charge in [0.1, 0.15) is 24.1 Å². The monoisotopic (exact) mass is 865 g/mol. The summed E-state index contributed by atoms with van der Waals surface area (Å²) in [5, 5.41) is 6.04. The summed E-state index contributed by atoms with van der Waals surface area (Å²) in [7, 11) is 0. The number of aryl methyl sites for hydroxylation is 1. The van der Waals surface area contributed by atoms with E-state index in [9.17, 15) is 33.6 Å². The van der Waals surface area contributed by atoms with Crippen molar-refractivity contribution in [1.82, 2.24) is 34.6 Å². The number of hydrogen-bond acceptors (Lipinski definition) is 15. The van der Waals surface area contributed by atoms with E-state index in [0.29, 0.717) is 71.8 Å². The number of benzene rings is 1. The maximum Gasteiger partial charge on any atom is 0.263 e. The van der Waals surface area contributed by atoms with Crippen LogP contribution in [0.1, 0.15) is 88.1 Å². The number of thioether (sulfide) groups is 1. The number of anilines is 3. The minimum absolute atomic E-state index is 0.0194. The molecule has 2 N–H and O–H groups in total. The molecule has 1 aromatic carbocycles.